The number of hydrogen-bond acceptors (Lipinski definition) is 3. The molecule has 1 saturated carbocycles. The van der Waals surface area contributed by atoms with Gasteiger partial charge in [-0.25, -0.2) is 4.39 Å². The van der Waals surface area contributed by atoms with Crippen molar-refractivity contribution < 1.29 is 9.50 Å². The standard InChI is InChI=1S/C26H29FN2O/c27-23-13-7-12-22(16-23)19-29(18-21-10-5-2-6-11-21)25-15-14-24(26(25)30)28-17-20-8-3-1-4-9-20/h1-13,16,24-26,28,30H,14-15,17-19H2/t24-,25-,26-/m1/s1. The zero-order valence-corrected chi connectivity index (χ0v) is 17.1. The fourth-order valence-electron chi connectivity index (χ4n) is 4.40. The Bertz CT molecular complexity index is 919. The minimum Gasteiger partial charge on any atom is -0.390 e. The summed E-state index contributed by atoms with van der Waals surface area (Å²) in [6, 6.07) is 27.4. The van der Waals surface area contributed by atoms with Crippen molar-refractivity contribution in [3.05, 3.63) is 107 Å². The molecule has 3 aromatic rings. The molecule has 30 heavy (non-hydrogen) atoms. The van der Waals surface area contributed by atoms with E-state index in [0.29, 0.717) is 6.54 Å². The molecule has 1 aliphatic rings. The summed E-state index contributed by atoms with van der Waals surface area (Å²) in [5.41, 5.74) is 3.34. The molecule has 0 spiro atoms. The van der Waals surface area contributed by atoms with E-state index in [0.717, 1.165) is 31.5 Å². The molecule has 156 valence electrons. The lowest BCUT2D eigenvalue weighted by Crippen LogP contribution is -2.46. The first-order valence-electron chi connectivity index (χ1n) is 10.7. The lowest BCUT2D eigenvalue weighted by Gasteiger charge is -2.32. The Labute approximate surface area is 178 Å². The molecule has 3 nitrogen and oxygen atoms in total. The van der Waals surface area contributed by atoms with Crippen LogP contribution in [0.2, 0.25) is 0 Å². The number of nitrogens with one attached hydrogen (secondary N) is 1. The van der Waals surface area contributed by atoms with Crippen molar-refractivity contribution in [2.24, 2.45) is 0 Å². The summed E-state index contributed by atoms with van der Waals surface area (Å²) < 4.78 is 13.7. The fraction of sp³-hybridized carbons (Fsp3) is 0.308. The largest absolute Gasteiger partial charge is 0.390 e. The summed E-state index contributed by atoms with van der Waals surface area (Å²) in [4.78, 5) is 2.29. The predicted octanol–water partition coefficient (Wildman–Crippen LogP) is 4.51. The van der Waals surface area contributed by atoms with Gasteiger partial charge in [-0.1, -0.05) is 72.8 Å². The maximum absolute atomic E-state index is 13.7. The van der Waals surface area contributed by atoms with Crippen LogP contribution in [0.1, 0.15) is 29.5 Å². The van der Waals surface area contributed by atoms with Crippen molar-refractivity contribution >= 4 is 0 Å². The molecule has 4 heteroatoms. The van der Waals surface area contributed by atoms with E-state index in [9.17, 15) is 9.50 Å². The van der Waals surface area contributed by atoms with Gasteiger partial charge in [-0.15, -0.1) is 0 Å². The van der Waals surface area contributed by atoms with E-state index in [1.165, 1.54) is 17.2 Å². The average molecular weight is 405 g/mol. The Morgan fingerprint density at radius 3 is 2.13 bits per heavy atom. The first-order chi connectivity index (χ1) is 14.7. The molecule has 4 rings (SSSR count). The zero-order valence-electron chi connectivity index (χ0n) is 17.1. The SMILES string of the molecule is O[C@H]1[C@H](N(Cc2ccccc2)Cc2cccc(F)c2)CC[C@H]1NCc1ccccc1. The van der Waals surface area contributed by atoms with E-state index in [1.54, 1.807) is 12.1 Å². The highest BCUT2D eigenvalue weighted by Gasteiger charge is 2.38. The lowest BCUT2D eigenvalue weighted by molar-refractivity contribution is 0.0466. The predicted molar refractivity (Wildman–Crippen MR) is 118 cm³/mol. The van der Waals surface area contributed by atoms with Crippen LogP contribution in [0.5, 0.6) is 0 Å². The molecule has 0 unspecified atom stereocenters. The van der Waals surface area contributed by atoms with Crippen LogP contribution < -0.4 is 5.32 Å². The van der Waals surface area contributed by atoms with Crippen LogP contribution in [0.3, 0.4) is 0 Å². The second-order valence-electron chi connectivity index (χ2n) is 8.13. The van der Waals surface area contributed by atoms with Crippen LogP contribution in [-0.2, 0) is 19.6 Å². The van der Waals surface area contributed by atoms with Gasteiger partial charge in [0.25, 0.3) is 0 Å². The molecule has 0 heterocycles. The van der Waals surface area contributed by atoms with Crippen molar-refractivity contribution in [2.75, 3.05) is 0 Å². The topological polar surface area (TPSA) is 35.5 Å². The van der Waals surface area contributed by atoms with Crippen LogP contribution >= 0.6 is 0 Å². The molecule has 3 atom stereocenters. The van der Waals surface area contributed by atoms with E-state index in [4.69, 9.17) is 0 Å². The normalized spacial score (nSPS) is 21.2. The van der Waals surface area contributed by atoms with Gasteiger partial charge in [-0.2, -0.15) is 0 Å². The quantitative estimate of drug-likeness (QED) is 0.580. The van der Waals surface area contributed by atoms with Crippen molar-refractivity contribution in [3.63, 3.8) is 0 Å². The molecule has 2 N–H and O–H groups in total. The molecule has 0 amide bonds. The number of aliphatic hydroxyl groups is 1. The summed E-state index contributed by atoms with van der Waals surface area (Å²) in [6.45, 7) is 2.09. The lowest BCUT2D eigenvalue weighted by atomic mass is 10.1. The van der Waals surface area contributed by atoms with Crippen LogP contribution in [-0.4, -0.2) is 28.2 Å². The van der Waals surface area contributed by atoms with Gasteiger partial charge in [0.15, 0.2) is 0 Å². The summed E-state index contributed by atoms with van der Waals surface area (Å²) in [5, 5.41) is 14.7. The monoisotopic (exact) mass is 404 g/mol. The minimum atomic E-state index is -0.467. The van der Waals surface area contributed by atoms with Gasteiger partial charge < -0.3 is 10.4 Å². The Balaban J connectivity index is 1.46. The van der Waals surface area contributed by atoms with Gasteiger partial charge >= 0.3 is 0 Å². The highest BCUT2D eigenvalue weighted by molar-refractivity contribution is 5.19. The molecule has 0 saturated heterocycles. The second kappa shape index (κ2) is 9.98. The van der Waals surface area contributed by atoms with Crippen molar-refractivity contribution in [3.8, 4) is 0 Å². The first kappa shape index (κ1) is 20.7. The molecule has 0 radical (unpaired) electrons. The molecule has 0 bridgehead atoms. The third-order valence-electron chi connectivity index (χ3n) is 5.96. The maximum atomic E-state index is 13.7. The molecule has 0 aliphatic heterocycles. The first-order valence-corrected chi connectivity index (χ1v) is 10.7. The van der Waals surface area contributed by atoms with Crippen LogP contribution in [0, 0.1) is 5.82 Å². The maximum Gasteiger partial charge on any atom is 0.123 e. The Morgan fingerprint density at radius 1 is 0.800 bits per heavy atom. The van der Waals surface area contributed by atoms with Crippen molar-refractivity contribution in [1.82, 2.24) is 10.2 Å². The zero-order chi connectivity index (χ0) is 20.8. The third-order valence-corrected chi connectivity index (χ3v) is 5.96. The van der Waals surface area contributed by atoms with Crippen molar-refractivity contribution in [2.45, 2.75) is 50.7 Å². The summed E-state index contributed by atoms with van der Waals surface area (Å²) >= 11 is 0. The van der Waals surface area contributed by atoms with Gasteiger partial charge in [0.05, 0.1) is 6.10 Å². The van der Waals surface area contributed by atoms with Gasteiger partial charge in [-0.05, 0) is 41.7 Å². The highest BCUT2D eigenvalue weighted by Crippen LogP contribution is 2.28. The Kier molecular flexibility index (Phi) is 6.90. The summed E-state index contributed by atoms with van der Waals surface area (Å²) in [7, 11) is 0. The van der Waals surface area contributed by atoms with E-state index < -0.39 is 6.10 Å². The van der Waals surface area contributed by atoms with Gasteiger partial charge in [0, 0.05) is 31.7 Å². The van der Waals surface area contributed by atoms with Gasteiger partial charge in [0.2, 0.25) is 0 Å². The molecule has 1 aliphatic carbocycles. The number of rotatable bonds is 8. The van der Waals surface area contributed by atoms with Gasteiger partial charge in [0.1, 0.15) is 5.82 Å². The molecule has 3 aromatic carbocycles. The summed E-state index contributed by atoms with van der Waals surface area (Å²) in [5.74, 6) is -0.221. The molecular formula is C26H29FN2O. The Hall–Kier alpha value is -2.53. The third kappa shape index (κ3) is 5.33. The van der Waals surface area contributed by atoms with Gasteiger partial charge in [-0.3, -0.25) is 4.90 Å². The molecular weight excluding hydrogens is 375 g/mol. The number of nitrogens with zero attached hydrogens (tertiary/aromatic N) is 1. The average Bonchev–Trinajstić information content (AvgIpc) is 3.13. The van der Waals surface area contributed by atoms with Crippen molar-refractivity contribution in [1.29, 1.82) is 0 Å². The fourth-order valence-corrected chi connectivity index (χ4v) is 4.40. The van der Waals surface area contributed by atoms with Crippen LogP contribution in [0.4, 0.5) is 4.39 Å². The van der Waals surface area contributed by atoms with E-state index in [1.807, 2.05) is 42.5 Å². The Morgan fingerprint density at radius 2 is 1.43 bits per heavy atom. The van der Waals surface area contributed by atoms with E-state index in [-0.39, 0.29) is 17.9 Å². The van der Waals surface area contributed by atoms with Crippen LogP contribution in [0.15, 0.2) is 84.9 Å². The number of hydrogen-bond donors (Lipinski definition) is 2. The molecule has 0 aromatic heterocycles. The minimum absolute atomic E-state index is 0.0294. The van der Waals surface area contributed by atoms with E-state index in [2.05, 4.69) is 34.5 Å². The highest BCUT2D eigenvalue weighted by atomic mass is 19.1. The van der Waals surface area contributed by atoms with Crippen LogP contribution in [0.25, 0.3) is 0 Å². The van der Waals surface area contributed by atoms with E-state index >= 15 is 0 Å². The second-order valence-corrected chi connectivity index (χ2v) is 8.13. The number of aliphatic hydroxyl groups excluding tert-OH is 1. The number of benzene rings is 3. The summed E-state index contributed by atoms with van der Waals surface area (Å²) in [6.07, 6.45) is 1.37. The molecule has 1 fully saturated rings. The number of halogens is 1. The smallest absolute Gasteiger partial charge is 0.123 e.